The van der Waals surface area contributed by atoms with Crippen molar-refractivity contribution >= 4 is 59.3 Å². The summed E-state index contributed by atoms with van der Waals surface area (Å²) < 4.78 is 33.5. The van der Waals surface area contributed by atoms with Gasteiger partial charge in [-0.2, -0.15) is 0 Å². The molecule has 0 fully saturated rings. The molecule has 2 aromatic carbocycles. The van der Waals surface area contributed by atoms with Gasteiger partial charge in [-0.25, -0.2) is 0 Å². The first-order valence-electron chi connectivity index (χ1n) is 7.15. The van der Waals surface area contributed by atoms with E-state index in [0.29, 0.717) is 10.6 Å². The van der Waals surface area contributed by atoms with Gasteiger partial charge in [0.05, 0.1) is 0 Å². The molecule has 0 bridgehead atoms. The molecule has 7 heteroatoms. The van der Waals surface area contributed by atoms with E-state index in [1.165, 1.54) is 17.4 Å². The number of nitrogens with one attached hydrogen (secondary N) is 1. The minimum absolute atomic E-state index is 0.219. The molecule has 0 aliphatic heterocycles. The van der Waals surface area contributed by atoms with E-state index in [-0.39, 0.29) is 16.6 Å². The molecule has 3 nitrogen and oxygen atoms in total. The molecule has 0 amide bonds. The zero-order valence-corrected chi connectivity index (χ0v) is 15.3. The van der Waals surface area contributed by atoms with Crippen LogP contribution < -0.4 is 9.67 Å². The zero-order valence-electron chi connectivity index (χ0n) is 12.6. The molecule has 2 radical (unpaired) electrons. The number of carbonyl (C=O) groups is 1. The van der Waals surface area contributed by atoms with Crippen molar-refractivity contribution in [2.24, 2.45) is 0 Å². The summed E-state index contributed by atoms with van der Waals surface area (Å²) in [5.41, 5.74) is 0.624. The topological polar surface area (TPSA) is 38.3 Å². The van der Waals surface area contributed by atoms with Gasteiger partial charge in [0.2, 0.25) is 0 Å². The molecule has 0 unspecified atom stereocenters. The second-order valence-electron chi connectivity index (χ2n) is 4.93. The van der Waals surface area contributed by atoms with E-state index in [1.807, 2.05) is 24.3 Å². The molecular formula is C17H12AsF2NO2S. The van der Waals surface area contributed by atoms with Gasteiger partial charge >= 0.3 is 150 Å². The van der Waals surface area contributed by atoms with Gasteiger partial charge in [0.1, 0.15) is 0 Å². The fourth-order valence-corrected chi connectivity index (χ4v) is 3.81. The molecular weight excluding hydrogens is 395 g/mol. The van der Waals surface area contributed by atoms with Gasteiger partial charge in [-0.05, 0) is 0 Å². The first-order chi connectivity index (χ1) is 11.5. The number of hydrogen-bond donors (Lipinski definition) is 1. The van der Waals surface area contributed by atoms with Crippen molar-refractivity contribution in [2.75, 3.05) is 11.9 Å². The van der Waals surface area contributed by atoms with E-state index in [1.54, 1.807) is 6.92 Å². The summed E-state index contributed by atoms with van der Waals surface area (Å²) in [5.74, 6) is -1.83. The number of carbonyl (C=O) groups excluding carboxylic acids is 1. The molecule has 0 saturated heterocycles. The van der Waals surface area contributed by atoms with Crippen LogP contribution in [0.3, 0.4) is 0 Å². The third-order valence-electron chi connectivity index (χ3n) is 3.35. The van der Waals surface area contributed by atoms with Gasteiger partial charge in [0.15, 0.2) is 0 Å². The summed E-state index contributed by atoms with van der Waals surface area (Å²) in [4.78, 5) is 12.3. The van der Waals surface area contributed by atoms with Gasteiger partial charge in [-0.1, -0.05) is 0 Å². The Morgan fingerprint density at radius 3 is 2.79 bits per heavy atom. The molecule has 0 spiro atoms. The van der Waals surface area contributed by atoms with E-state index >= 15 is 0 Å². The molecule has 0 aliphatic carbocycles. The third-order valence-corrected chi connectivity index (χ3v) is 5.39. The molecule has 1 heterocycles. The quantitative estimate of drug-likeness (QED) is 0.527. The molecule has 0 aliphatic rings. The number of thiophene rings is 1. The maximum absolute atomic E-state index is 13.7. The van der Waals surface area contributed by atoms with E-state index in [4.69, 9.17) is 4.74 Å². The molecule has 1 N–H and O–H groups in total. The number of fused-ring (bicyclic) bond motifs is 1. The van der Waals surface area contributed by atoms with Crippen LogP contribution in [0.4, 0.5) is 19.5 Å². The average Bonchev–Trinajstić information content (AvgIpc) is 2.90. The van der Waals surface area contributed by atoms with E-state index < -0.39 is 17.6 Å². The van der Waals surface area contributed by atoms with Gasteiger partial charge in [-0.15, -0.1) is 0 Å². The molecule has 3 aromatic rings. The second-order valence-corrected chi connectivity index (χ2v) is 6.92. The number of esters is 1. The predicted octanol–water partition coefficient (Wildman–Crippen LogP) is 3.89. The summed E-state index contributed by atoms with van der Waals surface area (Å²) in [6.45, 7) is 1.97. The van der Waals surface area contributed by atoms with Crippen LogP contribution in [0.15, 0.2) is 36.4 Å². The average molecular weight is 407 g/mol. The summed E-state index contributed by atoms with van der Waals surface area (Å²) in [6.07, 6.45) is 0. The number of hydrogen-bond acceptors (Lipinski definition) is 4. The Balaban J connectivity index is 2.13. The van der Waals surface area contributed by atoms with Crippen LogP contribution in [-0.4, -0.2) is 29.4 Å². The zero-order chi connectivity index (χ0) is 17.3. The Morgan fingerprint density at radius 1 is 1.29 bits per heavy atom. The number of benzene rings is 2. The normalized spacial score (nSPS) is 10.8. The Kier molecular flexibility index (Phi) is 4.88. The first-order valence-corrected chi connectivity index (χ1v) is 8.90. The van der Waals surface area contributed by atoms with Gasteiger partial charge in [-0.3, -0.25) is 0 Å². The molecule has 24 heavy (non-hydrogen) atoms. The molecule has 3 rings (SSSR count). The van der Waals surface area contributed by atoms with Crippen LogP contribution in [0.1, 0.15) is 17.3 Å². The third kappa shape index (κ3) is 3.17. The van der Waals surface area contributed by atoms with Crippen molar-refractivity contribution in [3.05, 3.63) is 53.6 Å². The van der Waals surface area contributed by atoms with Crippen molar-refractivity contribution < 1.29 is 18.3 Å². The fourth-order valence-electron chi connectivity index (χ4n) is 2.32. The van der Waals surface area contributed by atoms with Crippen LogP contribution in [0.2, 0.25) is 0 Å². The predicted molar refractivity (Wildman–Crippen MR) is 92.8 cm³/mol. The minimum atomic E-state index is -0.691. The van der Waals surface area contributed by atoms with E-state index in [2.05, 4.69) is 22.2 Å². The van der Waals surface area contributed by atoms with E-state index in [9.17, 15) is 13.6 Å². The summed E-state index contributed by atoms with van der Waals surface area (Å²) in [6, 6.07) is 9.39. The molecule has 1 aromatic heterocycles. The van der Waals surface area contributed by atoms with Gasteiger partial charge in [0, 0.05) is 0 Å². The first kappa shape index (κ1) is 16.9. The van der Waals surface area contributed by atoms with Crippen LogP contribution in [0, 0.1) is 11.6 Å². The molecule has 122 valence electrons. The van der Waals surface area contributed by atoms with Crippen LogP contribution in [0.5, 0.6) is 0 Å². The number of anilines is 2. The summed E-state index contributed by atoms with van der Waals surface area (Å²) >= 11 is 3.39. The Hall–Kier alpha value is -1.91. The van der Waals surface area contributed by atoms with Crippen molar-refractivity contribution in [2.45, 2.75) is 6.92 Å². The van der Waals surface area contributed by atoms with Gasteiger partial charge < -0.3 is 0 Å². The van der Waals surface area contributed by atoms with Crippen molar-refractivity contribution in [3.63, 3.8) is 0 Å². The van der Waals surface area contributed by atoms with Crippen molar-refractivity contribution in [1.29, 1.82) is 0 Å². The number of rotatable bonds is 4. The molecule has 0 atom stereocenters. The van der Waals surface area contributed by atoms with Crippen LogP contribution in [-0.2, 0) is 4.74 Å². The Morgan fingerprint density at radius 2 is 2.04 bits per heavy atom. The number of ether oxygens (including phenoxy) is 1. The fraction of sp³-hybridized carbons (Fsp3) is 0.118. The van der Waals surface area contributed by atoms with E-state index in [0.717, 1.165) is 16.2 Å². The van der Waals surface area contributed by atoms with Crippen LogP contribution in [0.25, 0.3) is 10.1 Å². The standard InChI is InChI=1S/C17H12AsF2NO2S/c1-2-23-17(22)14-10-5-3-4-6-13(10)24-16(14)21-12-8-9(19)7-11(20)15(12)18/h3-8,21H,2H2,1H3. The molecule has 0 saturated carbocycles. The Bertz CT molecular complexity index is 926. The second kappa shape index (κ2) is 6.91. The number of halogens is 2. The van der Waals surface area contributed by atoms with Crippen molar-refractivity contribution in [1.82, 2.24) is 0 Å². The Labute approximate surface area is 150 Å². The van der Waals surface area contributed by atoms with Crippen LogP contribution >= 0.6 is 11.3 Å². The maximum atomic E-state index is 13.7. The summed E-state index contributed by atoms with van der Waals surface area (Å²) in [5, 5.41) is 4.21. The summed E-state index contributed by atoms with van der Waals surface area (Å²) in [7, 11) is 0. The SMILES string of the molecule is CCOC(=O)c1c(Nc2cc(F)cc(F)c2[As])sc2ccccc12. The van der Waals surface area contributed by atoms with Gasteiger partial charge in [0.25, 0.3) is 0 Å². The van der Waals surface area contributed by atoms with Crippen molar-refractivity contribution in [3.8, 4) is 0 Å². The monoisotopic (exact) mass is 407 g/mol.